The van der Waals surface area contributed by atoms with Gasteiger partial charge in [0.2, 0.25) is 5.91 Å². The van der Waals surface area contributed by atoms with Crippen LogP contribution >= 0.6 is 11.6 Å². The monoisotopic (exact) mass is 444 g/mol. The standard InChI is InChI=1S/C25H21ClN4O2/c26-20-5-4-19-14-22(29-21(19)15-20)25(32)30-11-10-28-24(31)23(30)13-16-2-1-3-18(12-16)17-6-8-27-9-7-17/h1-9,12,14-15,23,29H,10-11,13H2,(H,28,31)/t23-/m0/s1. The van der Waals surface area contributed by atoms with Crippen LogP contribution < -0.4 is 5.32 Å². The van der Waals surface area contributed by atoms with Crippen LogP contribution in [0.25, 0.3) is 22.0 Å². The topological polar surface area (TPSA) is 78.1 Å². The minimum atomic E-state index is -0.584. The minimum absolute atomic E-state index is 0.141. The summed E-state index contributed by atoms with van der Waals surface area (Å²) in [6.45, 7) is 0.888. The number of benzene rings is 2. The van der Waals surface area contributed by atoms with E-state index in [1.807, 2.05) is 42.5 Å². The van der Waals surface area contributed by atoms with Crippen molar-refractivity contribution in [2.45, 2.75) is 12.5 Å². The highest BCUT2D eigenvalue weighted by atomic mass is 35.5. The minimum Gasteiger partial charge on any atom is -0.353 e. The van der Waals surface area contributed by atoms with Crippen molar-refractivity contribution in [3.8, 4) is 11.1 Å². The maximum atomic E-state index is 13.4. The van der Waals surface area contributed by atoms with Gasteiger partial charge in [-0.1, -0.05) is 41.9 Å². The Bertz CT molecular complexity index is 1300. The normalized spacial score (nSPS) is 16.2. The summed E-state index contributed by atoms with van der Waals surface area (Å²) >= 11 is 6.07. The molecule has 2 aromatic heterocycles. The third kappa shape index (κ3) is 3.97. The lowest BCUT2D eigenvalue weighted by molar-refractivity contribution is -0.127. The van der Waals surface area contributed by atoms with E-state index in [0.717, 1.165) is 27.6 Å². The molecule has 2 amide bonds. The molecule has 6 nitrogen and oxygen atoms in total. The van der Waals surface area contributed by atoms with Crippen molar-refractivity contribution in [3.63, 3.8) is 0 Å². The summed E-state index contributed by atoms with van der Waals surface area (Å²) in [6.07, 6.45) is 3.94. The molecule has 32 heavy (non-hydrogen) atoms. The maximum absolute atomic E-state index is 13.4. The van der Waals surface area contributed by atoms with Gasteiger partial charge in [-0.3, -0.25) is 14.6 Å². The van der Waals surface area contributed by atoms with Gasteiger partial charge in [0.15, 0.2) is 0 Å². The third-order valence-corrected chi connectivity index (χ3v) is 6.01. The van der Waals surface area contributed by atoms with Gasteiger partial charge < -0.3 is 15.2 Å². The number of nitrogens with one attached hydrogen (secondary N) is 2. The molecule has 1 saturated heterocycles. The average molecular weight is 445 g/mol. The largest absolute Gasteiger partial charge is 0.353 e. The number of pyridine rings is 1. The Morgan fingerprint density at radius 1 is 1.06 bits per heavy atom. The number of hydrogen-bond donors (Lipinski definition) is 2. The van der Waals surface area contributed by atoms with E-state index in [1.165, 1.54) is 0 Å². The Balaban J connectivity index is 1.43. The molecule has 0 spiro atoms. The van der Waals surface area contributed by atoms with E-state index < -0.39 is 6.04 Å². The van der Waals surface area contributed by atoms with E-state index in [9.17, 15) is 9.59 Å². The summed E-state index contributed by atoms with van der Waals surface area (Å²) < 4.78 is 0. The van der Waals surface area contributed by atoms with Crippen LogP contribution in [0.5, 0.6) is 0 Å². The fourth-order valence-electron chi connectivity index (χ4n) is 4.18. The van der Waals surface area contributed by atoms with E-state index in [1.54, 1.807) is 29.4 Å². The predicted molar refractivity (Wildman–Crippen MR) is 125 cm³/mol. The molecular weight excluding hydrogens is 424 g/mol. The van der Waals surface area contributed by atoms with Gasteiger partial charge >= 0.3 is 0 Å². The molecule has 0 bridgehead atoms. The molecule has 1 atom stereocenters. The lowest BCUT2D eigenvalue weighted by Gasteiger charge is -2.35. The van der Waals surface area contributed by atoms with Gasteiger partial charge in [0.1, 0.15) is 11.7 Å². The zero-order chi connectivity index (χ0) is 22.1. The summed E-state index contributed by atoms with van der Waals surface area (Å²) in [5, 5.41) is 4.40. The number of piperazine rings is 1. The number of nitrogens with zero attached hydrogens (tertiary/aromatic N) is 2. The van der Waals surface area contributed by atoms with Gasteiger partial charge in [0, 0.05) is 47.8 Å². The molecule has 2 aromatic carbocycles. The highest BCUT2D eigenvalue weighted by Crippen LogP contribution is 2.24. The highest BCUT2D eigenvalue weighted by Gasteiger charge is 2.34. The second-order valence-electron chi connectivity index (χ2n) is 7.86. The molecule has 3 heterocycles. The Labute approximate surface area is 190 Å². The summed E-state index contributed by atoms with van der Waals surface area (Å²) in [5.74, 6) is -0.333. The number of carbonyl (C=O) groups is 2. The first-order valence-corrected chi connectivity index (χ1v) is 10.8. The molecule has 2 N–H and O–H groups in total. The molecular formula is C25H21ClN4O2. The van der Waals surface area contributed by atoms with Gasteiger partial charge in [-0.25, -0.2) is 0 Å². The highest BCUT2D eigenvalue weighted by molar-refractivity contribution is 6.31. The van der Waals surface area contributed by atoms with Crippen LogP contribution in [0.3, 0.4) is 0 Å². The second-order valence-corrected chi connectivity index (χ2v) is 8.30. The Morgan fingerprint density at radius 2 is 1.91 bits per heavy atom. The molecule has 0 radical (unpaired) electrons. The summed E-state index contributed by atoms with van der Waals surface area (Å²) in [6, 6.07) is 18.6. The number of aromatic amines is 1. The van der Waals surface area contributed by atoms with E-state index in [2.05, 4.69) is 21.4 Å². The van der Waals surface area contributed by atoms with Crippen LogP contribution in [0, 0.1) is 0 Å². The molecule has 0 unspecified atom stereocenters. The van der Waals surface area contributed by atoms with Crippen molar-refractivity contribution in [2.75, 3.05) is 13.1 Å². The van der Waals surface area contributed by atoms with E-state index in [4.69, 9.17) is 11.6 Å². The fraction of sp³-hybridized carbons (Fsp3) is 0.160. The van der Waals surface area contributed by atoms with Crippen molar-refractivity contribution < 1.29 is 9.59 Å². The molecule has 7 heteroatoms. The number of aromatic nitrogens is 2. The van der Waals surface area contributed by atoms with Crippen molar-refractivity contribution in [1.29, 1.82) is 0 Å². The van der Waals surface area contributed by atoms with Crippen molar-refractivity contribution >= 4 is 34.3 Å². The summed E-state index contributed by atoms with van der Waals surface area (Å²) in [7, 11) is 0. The van der Waals surface area contributed by atoms with Gasteiger partial charge in [-0.05, 0) is 47.0 Å². The zero-order valence-electron chi connectivity index (χ0n) is 17.2. The van der Waals surface area contributed by atoms with Gasteiger partial charge in [-0.2, -0.15) is 0 Å². The van der Waals surface area contributed by atoms with Crippen LogP contribution in [0.15, 0.2) is 73.1 Å². The smallest absolute Gasteiger partial charge is 0.271 e. The van der Waals surface area contributed by atoms with Crippen LogP contribution in [0.2, 0.25) is 5.02 Å². The Hall–Kier alpha value is -3.64. The van der Waals surface area contributed by atoms with Gasteiger partial charge in [-0.15, -0.1) is 0 Å². The number of fused-ring (bicyclic) bond motifs is 1. The van der Waals surface area contributed by atoms with Crippen molar-refractivity contribution in [2.24, 2.45) is 0 Å². The zero-order valence-corrected chi connectivity index (χ0v) is 18.0. The number of carbonyl (C=O) groups excluding carboxylic acids is 2. The molecule has 1 fully saturated rings. The molecule has 1 aliphatic heterocycles. The lowest BCUT2D eigenvalue weighted by atomic mass is 9.98. The van der Waals surface area contributed by atoms with E-state index in [0.29, 0.717) is 30.2 Å². The van der Waals surface area contributed by atoms with Crippen LogP contribution in [-0.2, 0) is 11.2 Å². The molecule has 1 aliphatic rings. The molecule has 0 aliphatic carbocycles. The Kier molecular flexibility index (Phi) is 5.37. The van der Waals surface area contributed by atoms with Crippen molar-refractivity contribution in [1.82, 2.24) is 20.2 Å². The molecule has 4 aromatic rings. The Morgan fingerprint density at radius 3 is 2.75 bits per heavy atom. The summed E-state index contributed by atoms with van der Waals surface area (Å²) in [5.41, 5.74) is 4.34. The van der Waals surface area contributed by atoms with Gasteiger partial charge in [0.05, 0.1) is 0 Å². The molecule has 160 valence electrons. The fourth-order valence-corrected chi connectivity index (χ4v) is 4.35. The third-order valence-electron chi connectivity index (χ3n) is 5.78. The van der Waals surface area contributed by atoms with Gasteiger partial charge in [0.25, 0.3) is 5.91 Å². The quantitative estimate of drug-likeness (QED) is 0.498. The first kappa shape index (κ1) is 20.3. The molecule has 0 saturated carbocycles. The number of halogens is 1. The maximum Gasteiger partial charge on any atom is 0.271 e. The summed E-state index contributed by atoms with van der Waals surface area (Å²) in [4.78, 5) is 35.0. The van der Waals surface area contributed by atoms with Crippen molar-refractivity contribution in [3.05, 3.63) is 89.3 Å². The average Bonchev–Trinajstić information content (AvgIpc) is 3.24. The first-order chi connectivity index (χ1) is 15.6. The SMILES string of the molecule is O=C1NCCN(C(=O)c2cc3ccc(Cl)cc3[nH]2)[C@H]1Cc1cccc(-c2ccncc2)c1. The first-order valence-electron chi connectivity index (χ1n) is 10.4. The van der Waals surface area contributed by atoms with E-state index >= 15 is 0 Å². The van der Waals surface area contributed by atoms with Crippen LogP contribution in [0.1, 0.15) is 16.1 Å². The predicted octanol–water partition coefficient (Wildman–Crippen LogP) is 4.07. The van der Waals surface area contributed by atoms with E-state index in [-0.39, 0.29) is 11.8 Å². The number of rotatable bonds is 4. The van der Waals surface area contributed by atoms with Crippen LogP contribution in [0.4, 0.5) is 0 Å². The molecule has 5 rings (SSSR count). The second kappa shape index (κ2) is 8.48. The lowest BCUT2D eigenvalue weighted by Crippen LogP contribution is -2.58. The number of H-pyrrole nitrogens is 1. The number of amides is 2. The number of hydrogen-bond acceptors (Lipinski definition) is 3. The van der Waals surface area contributed by atoms with Crippen LogP contribution in [-0.4, -0.2) is 45.8 Å².